The summed E-state index contributed by atoms with van der Waals surface area (Å²) in [5.41, 5.74) is 6.03. The largest absolute Gasteiger partial charge is 0.338 e. The van der Waals surface area contributed by atoms with Crippen molar-refractivity contribution in [2.45, 2.75) is 38.1 Å². The summed E-state index contributed by atoms with van der Waals surface area (Å²) in [4.78, 5) is 13.7. The minimum absolute atomic E-state index is 0.687. The Balaban J connectivity index is 1.59. The van der Waals surface area contributed by atoms with Crippen LogP contribution in [-0.4, -0.2) is 53.6 Å². The number of anilines is 1. The lowest BCUT2D eigenvalue weighted by atomic mass is 9.93. The molecule has 5 nitrogen and oxygen atoms in total. The zero-order valence-electron chi connectivity index (χ0n) is 12.8. The first-order valence-electron chi connectivity index (χ1n) is 8.34. The molecule has 2 unspecified atom stereocenters. The number of piperazine rings is 1. The van der Waals surface area contributed by atoms with E-state index in [9.17, 15) is 0 Å². The molecule has 1 aromatic rings. The average molecular weight is 289 g/mol. The van der Waals surface area contributed by atoms with Crippen LogP contribution in [0.15, 0.2) is 18.5 Å². The van der Waals surface area contributed by atoms with Gasteiger partial charge in [0.05, 0.1) is 0 Å². The zero-order chi connectivity index (χ0) is 14.5. The van der Waals surface area contributed by atoms with Crippen molar-refractivity contribution in [2.75, 3.05) is 37.6 Å². The Hall–Kier alpha value is -1.20. The van der Waals surface area contributed by atoms with Crippen molar-refractivity contribution in [3.8, 4) is 0 Å². The molecule has 0 amide bonds. The lowest BCUT2D eigenvalue weighted by Gasteiger charge is -2.41. The molecule has 2 N–H and O–H groups in total. The Morgan fingerprint density at radius 3 is 2.43 bits per heavy atom. The Morgan fingerprint density at radius 2 is 1.71 bits per heavy atom. The molecule has 116 valence electrons. The van der Waals surface area contributed by atoms with Crippen LogP contribution >= 0.6 is 0 Å². The maximum absolute atomic E-state index is 6.03. The lowest BCUT2D eigenvalue weighted by Crippen LogP contribution is -2.53. The van der Waals surface area contributed by atoms with E-state index in [2.05, 4.69) is 19.8 Å². The normalized spacial score (nSPS) is 28.3. The molecule has 1 aromatic heterocycles. The predicted octanol–water partition coefficient (Wildman–Crippen LogP) is 1.51. The number of nitrogens with two attached hydrogens (primary N) is 1. The summed E-state index contributed by atoms with van der Waals surface area (Å²) in [6, 6.07) is 2.56. The summed E-state index contributed by atoms with van der Waals surface area (Å²) in [7, 11) is 0. The van der Waals surface area contributed by atoms with Crippen LogP contribution in [0.2, 0.25) is 0 Å². The third kappa shape index (κ3) is 3.52. The molecule has 0 aromatic carbocycles. The van der Waals surface area contributed by atoms with E-state index in [1.165, 1.54) is 32.1 Å². The molecular formula is C16H27N5. The summed E-state index contributed by atoms with van der Waals surface area (Å²) in [6.07, 6.45) is 10.4. The van der Waals surface area contributed by atoms with Crippen molar-refractivity contribution in [3.63, 3.8) is 0 Å². The fourth-order valence-electron chi connectivity index (χ4n) is 3.83. The van der Waals surface area contributed by atoms with Crippen LogP contribution in [0.1, 0.15) is 32.1 Å². The molecule has 1 aliphatic carbocycles. The average Bonchev–Trinajstić information content (AvgIpc) is 2.81. The standard InChI is InChI=1S/C16H27N5/c17-13-14-5-2-1-3-6-15(14)20-9-11-21(12-10-20)16-18-7-4-8-19-16/h4,7-8,14-15H,1-3,5-6,9-13,17H2. The highest BCUT2D eigenvalue weighted by atomic mass is 15.3. The maximum atomic E-state index is 6.03. The van der Waals surface area contributed by atoms with Gasteiger partial charge in [-0.25, -0.2) is 9.97 Å². The smallest absolute Gasteiger partial charge is 0.225 e. The van der Waals surface area contributed by atoms with Crippen molar-refractivity contribution in [2.24, 2.45) is 11.7 Å². The zero-order valence-corrected chi connectivity index (χ0v) is 12.8. The highest BCUT2D eigenvalue weighted by molar-refractivity contribution is 5.29. The lowest BCUT2D eigenvalue weighted by molar-refractivity contribution is 0.127. The van der Waals surface area contributed by atoms with E-state index < -0.39 is 0 Å². The van der Waals surface area contributed by atoms with Gasteiger partial charge in [0.2, 0.25) is 5.95 Å². The Labute approximate surface area is 127 Å². The van der Waals surface area contributed by atoms with Crippen LogP contribution in [0.25, 0.3) is 0 Å². The number of hydrogen-bond acceptors (Lipinski definition) is 5. The molecule has 0 radical (unpaired) electrons. The second kappa shape index (κ2) is 7.18. The first kappa shape index (κ1) is 14.7. The van der Waals surface area contributed by atoms with Crippen molar-refractivity contribution in [1.29, 1.82) is 0 Å². The van der Waals surface area contributed by atoms with Crippen LogP contribution in [0.4, 0.5) is 5.95 Å². The van der Waals surface area contributed by atoms with Gasteiger partial charge in [0.25, 0.3) is 0 Å². The summed E-state index contributed by atoms with van der Waals surface area (Å²) in [5, 5.41) is 0. The summed E-state index contributed by atoms with van der Waals surface area (Å²) < 4.78 is 0. The first-order valence-corrected chi connectivity index (χ1v) is 8.34. The number of nitrogens with zero attached hydrogens (tertiary/aromatic N) is 4. The van der Waals surface area contributed by atoms with Gasteiger partial charge in [-0.05, 0) is 31.4 Å². The third-order valence-electron chi connectivity index (χ3n) is 5.04. The molecule has 2 aliphatic rings. The number of hydrogen-bond donors (Lipinski definition) is 1. The molecule has 0 bridgehead atoms. The Kier molecular flexibility index (Phi) is 5.04. The van der Waals surface area contributed by atoms with E-state index in [0.717, 1.165) is 38.7 Å². The molecule has 1 saturated heterocycles. The van der Waals surface area contributed by atoms with Crippen molar-refractivity contribution in [3.05, 3.63) is 18.5 Å². The van der Waals surface area contributed by atoms with Crippen LogP contribution in [0.3, 0.4) is 0 Å². The Bertz CT molecular complexity index is 416. The van der Waals surface area contributed by atoms with Crippen molar-refractivity contribution < 1.29 is 0 Å². The summed E-state index contributed by atoms with van der Waals surface area (Å²) >= 11 is 0. The molecule has 2 atom stereocenters. The van der Waals surface area contributed by atoms with Crippen LogP contribution < -0.4 is 10.6 Å². The number of aromatic nitrogens is 2. The van der Waals surface area contributed by atoms with Gasteiger partial charge >= 0.3 is 0 Å². The fourth-order valence-corrected chi connectivity index (χ4v) is 3.83. The second-order valence-corrected chi connectivity index (χ2v) is 6.27. The van der Waals surface area contributed by atoms with Crippen molar-refractivity contribution in [1.82, 2.24) is 14.9 Å². The van der Waals surface area contributed by atoms with E-state index in [1.807, 2.05) is 18.5 Å². The molecule has 21 heavy (non-hydrogen) atoms. The maximum Gasteiger partial charge on any atom is 0.225 e. The van der Waals surface area contributed by atoms with E-state index in [4.69, 9.17) is 5.73 Å². The second-order valence-electron chi connectivity index (χ2n) is 6.27. The van der Waals surface area contributed by atoms with E-state index >= 15 is 0 Å². The van der Waals surface area contributed by atoms with Crippen molar-refractivity contribution >= 4 is 5.95 Å². The summed E-state index contributed by atoms with van der Waals surface area (Å²) in [5.74, 6) is 1.56. The SMILES string of the molecule is NCC1CCCCCC1N1CCN(c2ncccn2)CC1. The minimum Gasteiger partial charge on any atom is -0.338 e. The topological polar surface area (TPSA) is 58.3 Å². The van der Waals surface area contributed by atoms with Crippen LogP contribution in [0.5, 0.6) is 0 Å². The molecule has 2 fully saturated rings. The molecule has 1 aliphatic heterocycles. The monoisotopic (exact) mass is 289 g/mol. The molecule has 3 rings (SSSR count). The van der Waals surface area contributed by atoms with Gasteiger partial charge in [-0.2, -0.15) is 0 Å². The fraction of sp³-hybridized carbons (Fsp3) is 0.750. The van der Waals surface area contributed by atoms with E-state index in [1.54, 1.807) is 0 Å². The molecule has 1 saturated carbocycles. The van der Waals surface area contributed by atoms with Crippen LogP contribution in [0, 0.1) is 5.92 Å². The molecular weight excluding hydrogens is 262 g/mol. The quantitative estimate of drug-likeness (QED) is 0.855. The van der Waals surface area contributed by atoms with Gasteiger partial charge in [-0.3, -0.25) is 4.90 Å². The predicted molar refractivity (Wildman–Crippen MR) is 85.2 cm³/mol. The first-order chi connectivity index (χ1) is 10.4. The summed E-state index contributed by atoms with van der Waals surface area (Å²) in [6.45, 7) is 5.11. The highest BCUT2D eigenvalue weighted by Crippen LogP contribution is 2.27. The van der Waals surface area contributed by atoms with Gasteiger partial charge in [0.1, 0.15) is 0 Å². The molecule has 5 heteroatoms. The van der Waals surface area contributed by atoms with E-state index in [0.29, 0.717) is 12.0 Å². The molecule has 2 heterocycles. The third-order valence-corrected chi connectivity index (χ3v) is 5.04. The van der Waals surface area contributed by atoms with Crippen LogP contribution in [-0.2, 0) is 0 Å². The Morgan fingerprint density at radius 1 is 1.00 bits per heavy atom. The van der Waals surface area contributed by atoms with Gasteiger partial charge < -0.3 is 10.6 Å². The van der Waals surface area contributed by atoms with Gasteiger partial charge in [0.15, 0.2) is 0 Å². The highest BCUT2D eigenvalue weighted by Gasteiger charge is 2.30. The van der Waals surface area contributed by atoms with Gasteiger partial charge in [0, 0.05) is 44.6 Å². The number of rotatable bonds is 3. The van der Waals surface area contributed by atoms with Gasteiger partial charge in [-0.1, -0.05) is 19.3 Å². The minimum atomic E-state index is 0.687. The van der Waals surface area contributed by atoms with Gasteiger partial charge in [-0.15, -0.1) is 0 Å². The molecule has 0 spiro atoms. The van der Waals surface area contributed by atoms with E-state index in [-0.39, 0.29) is 0 Å².